The van der Waals surface area contributed by atoms with Gasteiger partial charge in [-0.2, -0.15) is 4.98 Å². The summed E-state index contributed by atoms with van der Waals surface area (Å²) in [7, 11) is 0. The number of halogens is 1. The summed E-state index contributed by atoms with van der Waals surface area (Å²) in [5.74, 6) is -0.170. The number of benzene rings is 1. The normalized spacial score (nSPS) is 11.8. The molecule has 1 heterocycles. The summed E-state index contributed by atoms with van der Waals surface area (Å²) >= 11 is 5.77. The van der Waals surface area contributed by atoms with Gasteiger partial charge in [-0.25, -0.2) is 4.98 Å². The molecular weight excluding hydrogens is 266 g/mol. The molecule has 2 rings (SSSR count). The van der Waals surface area contributed by atoms with Crippen LogP contribution in [0.3, 0.4) is 0 Å². The first-order valence-electron chi connectivity index (χ1n) is 5.47. The number of hydrogen-bond donors (Lipinski definition) is 3. The number of nitrogens with two attached hydrogens (primary N) is 2. The predicted molar refractivity (Wildman–Crippen MR) is 73.5 cm³/mol. The van der Waals surface area contributed by atoms with Crippen LogP contribution in [0, 0.1) is 0 Å². The summed E-state index contributed by atoms with van der Waals surface area (Å²) in [5.41, 5.74) is 11.6. The van der Waals surface area contributed by atoms with Gasteiger partial charge in [0, 0.05) is 6.07 Å². The summed E-state index contributed by atoms with van der Waals surface area (Å²) in [6.45, 7) is 0. The van der Waals surface area contributed by atoms with Gasteiger partial charge in [0.1, 0.15) is 17.0 Å². The van der Waals surface area contributed by atoms with Crippen LogP contribution in [-0.4, -0.2) is 15.9 Å². The smallest absolute Gasteiger partial charge is 0.244 e. The van der Waals surface area contributed by atoms with Crippen LogP contribution in [0.25, 0.3) is 0 Å². The van der Waals surface area contributed by atoms with Gasteiger partial charge in [0.15, 0.2) is 0 Å². The van der Waals surface area contributed by atoms with Gasteiger partial charge in [0.25, 0.3) is 0 Å². The number of nitrogen functional groups attached to an aromatic ring is 1. The van der Waals surface area contributed by atoms with Crippen LogP contribution < -0.4 is 16.8 Å². The number of hydrogen-bond acceptors (Lipinski definition) is 5. The van der Waals surface area contributed by atoms with Crippen LogP contribution in [0.1, 0.15) is 11.6 Å². The molecule has 1 atom stereocenters. The highest BCUT2D eigenvalue weighted by Crippen LogP contribution is 2.20. The summed E-state index contributed by atoms with van der Waals surface area (Å²) in [6, 6.07) is 9.80. The Hall–Kier alpha value is -2.34. The molecule has 0 spiro atoms. The molecule has 0 saturated heterocycles. The van der Waals surface area contributed by atoms with Gasteiger partial charge in [-0.1, -0.05) is 41.9 Å². The summed E-state index contributed by atoms with van der Waals surface area (Å²) < 4.78 is 0. The Morgan fingerprint density at radius 3 is 2.53 bits per heavy atom. The number of primary amides is 1. The third-order valence-electron chi connectivity index (χ3n) is 2.42. The molecule has 0 saturated carbocycles. The molecule has 0 aliphatic rings. The Morgan fingerprint density at radius 1 is 1.26 bits per heavy atom. The van der Waals surface area contributed by atoms with E-state index in [0.29, 0.717) is 5.82 Å². The Kier molecular flexibility index (Phi) is 3.82. The number of rotatable bonds is 4. The number of carbonyl (C=O) groups excluding carboxylic acids is 1. The van der Waals surface area contributed by atoms with Crippen molar-refractivity contribution in [3.05, 3.63) is 47.1 Å². The third-order valence-corrected chi connectivity index (χ3v) is 2.62. The first kappa shape index (κ1) is 13.1. The highest BCUT2D eigenvalue weighted by molar-refractivity contribution is 6.29. The molecular formula is C12H12ClN5O. The van der Waals surface area contributed by atoms with Gasteiger partial charge < -0.3 is 16.8 Å². The molecule has 1 unspecified atom stereocenters. The minimum Gasteiger partial charge on any atom is -0.368 e. The fourth-order valence-corrected chi connectivity index (χ4v) is 1.81. The fourth-order valence-electron chi connectivity index (χ4n) is 1.62. The molecule has 6 nitrogen and oxygen atoms in total. The Balaban J connectivity index is 2.29. The number of nitrogens with one attached hydrogen (secondary N) is 1. The molecule has 2 aromatic rings. The lowest BCUT2D eigenvalue weighted by atomic mass is 10.1. The monoisotopic (exact) mass is 277 g/mol. The molecule has 7 heteroatoms. The fraction of sp³-hybridized carbons (Fsp3) is 0.0833. The van der Waals surface area contributed by atoms with Gasteiger partial charge >= 0.3 is 0 Å². The van der Waals surface area contributed by atoms with Crippen molar-refractivity contribution in [1.82, 2.24) is 9.97 Å². The molecule has 0 radical (unpaired) electrons. The van der Waals surface area contributed by atoms with E-state index < -0.39 is 11.9 Å². The molecule has 0 aliphatic carbocycles. The van der Waals surface area contributed by atoms with Gasteiger partial charge in [-0.05, 0) is 5.56 Å². The van der Waals surface area contributed by atoms with E-state index in [4.69, 9.17) is 23.1 Å². The Labute approximate surface area is 114 Å². The number of amides is 1. The maximum absolute atomic E-state index is 11.5. The zero-order valence-corrected chi connectivity index (χ0v) is 10.6. The van der Waals surface area contributed by atoms with Crippen molar-refractivity contribution >= 4 is 29.3 Å². The van der Waals surface area contributed by atoms with E-state index in [0.717, 1.165) is 5.56 Å². The summed E-state index contributed by atoms with van der Waals surface area (Å²) in [6.07, 6.45) is 0. The number of aromatic nitrogens is 2. The van der Waals surface area contributed by atoms with Crippen LogP contribution in [0.2, 0.25) is 5.15 Å². The Morgan fingerprint density at radius 2 is 1.95 bits per heavy atom. The maximum Gasteiger partial charge on any atom is 0.244 e. The largest absolute Gasteiger partial charge is 0.368 e. The van der Waals surface area contributed by atoms with Crippen molar-refractivity contribution in [2.24, 2.45) is 5.73 Å². The number of anilines is 2. The second-order valence-electron chi connectivity index (χ2n) is 3.82. The van der Waals surface area contributed by atoms with Gasteiger partial charge in [0.05, 0.1) is 0 Å². The van der Waals surface area contributed by atoms with E-state index in [1.165, 1.54) is 6.07 Å². The SMILES string of the molecule is NC(=O)C(Nc1cc(Cl)nc(N)n1)c1ccccc1. The average Bonchev–Trinajstić information content (AvgIpc) is 2.35. The van der Waals surface area contributed by atoms with E-state index in [-0.39, 0.29) is 11.1 Å². The lowest BCUT2D eigenvalue weighted by Crippen LogP contribution is -2.28. The van der Waals surface area contributed by atoms with Gasteiger partial charge in [0.2, 0.25) is 11.9 Å². The van der Waals surface area contributed by atoms with Crippen LogP contribution in [0.5, 0.6) is 0 Å². The lowest BCUT2D eigenvalue weighted by molar-refractivity contribution is -0.118. The molecule has 0 bridgehead atoms. The van der Waals surface area contributed by atoms with E-state index in [2.05, 4.69) is 15.3 Å². The first-order chi connectivity index (χ1) is 9.06. The first-order valence-corrected chi connectivity index (χ1v) is 5.85. The van der Waals surface area contributed by atoms with Crippen LogP contribution in [0.4, 0.5) is 11.8 Å². The van der Waals surface area contributed by atoms with Crippen molar-refractivity contribution in [1.29, 1.82) is 0 Å². The minimum absolute atomic E-state index is 0.0197. The minimum atomic E-state index is -0.716. The molecule has 5 N–H and O–H groups in total. The lowest BCUT2D eigenvalue weighted by Gasteiger charge is -2.16. The van der Waals surface area contributed by atoms with E-state index in [1.54, 1.807) is 12.1 Å². The molecule has 0 aliphatic heterocycles. The molecule has 1 aromatic heterocycles. The van der Waals surface area contributed by atoms with Crippen molar-refractivity contribution in [3.63, 3.8) is 0 Å². The van der Waals surface area contributed by atoms with Crippen molar-refractivity contribution < 1.29 is 4.79 Å². The topological polar surface area (TPSA) is 107 Å². The van der Waals surface area contributed by atoms with Crippen LogP contribution >= 0.6 is 11.6 Å². The zero-order valence-electron chi connectivity index (χ0n) is 9.88. The predicted octanol–water partition coefficient (Wildman–Crippen LogP) is 1.35. The van der Waals surface area contributed by atoms with Crippen LogP contribution in [0.15, 0.2) is 36.4 Å². The standard InChI is InChI=1S/C12H12ClN5O/c13-8-6-9(18-12(15)16-8)17-10(11(14)19)7-4-2-1-3-5-7/h1-6,10H,(H2,14,19)(H3,15,16,17,18). The molecule has 0 fully saturated rings. The molecule has 1 aromatic carbocycles. The summed E-state index contributed by atoms with van der Waals surface area (Å²) in [4.78, 5) is 19.2. The zero-order chi connectivity index (χ0) is 13.8. The van der Waals surface area contributed by atoms with Gasteiger partial charge in [-0.3, -0.25) is 4.79 Å². The molecule has 19 heavy (non-hydrogen) atoms. The number of nitrogens with zero attached hydrogens (tertiary/aromatic N) is 2. The van der Waals surface area contributed by atoms with E-state index >= 15 is 0 Å². The highest BCUT2D eigenvalue weighted by Gasteiger charge is 2.18. The summed E-state index contributed by atoms with van der Waals surface area (Å²) in [5, 5.41) is 3.07. The van der Waals surface area contributed by atoms with Gasteiger partial charge in [-0.15, -0.1) is 0 Å². The van der Waals surface area contributed by atoms with E-state index in [1.807, 2.05) is 18.2 Å². The third kappa shape index (κ3) is 3.32. The second-order valence-corrected chi connectivity index (χ2v) is 4.21. The second kappa shape index (κ2) is 5.53. The molecule has 98 valence electrons. The van der Waals surface area contributed by atoms with Crippen molar-refractivity contribution in [2.75, 3.05) is 11.1 Å². The average molecular weight is 278 g/mol. The van der Waals surface area contributed by atoms with Crippen molar-refractivity contribution in [2.45, 2.75) is 6.04 Å². The Bertz CT molecular complexity index is 570. The highest BCUT2D eigenvalue weighted by atomic mass is 35.5. The number of carbonyl (C=O) groups is 1. The van der Waals surface area contributed by atoms with Crippen LogP contribution in [-0.2, 0) is 4.79 Å². The maximum atomic E-state index is 11.5. The van der Waals surface area contributed by atoms with Crippen molar-refractivity contribution in [3.8, 4) is 0 Å². The molecule has 1 amide bonds. The van der Waals surface area contributed by atoms with E-state index in [9.17, 15) is 4.79 Å². The quantitative estimate of drug-likeness (QED) is 0.731.